The lowest BCUT2D eigenvalue weighted by molar-refractivity contribution is 0.101. The molecule has 0 bridgehead atoms. The van der Waals surface area contributed by atoms with Gasteiger partial charge in [-0.05, 0) is 48.4 Å². The van der Waals surface area contributed by atoms with Crippen molar-refractivity contribution in [3.8, 4) is 23.0 Å². The first-order chi connectivity index (χ1) is 14.2. The van der Waals surface area contributed by atoms with Gasteiger partial charge < -0.3 is 18.9 Å². The van der Waals surface area contributed by atoms with E-state index < -0.39 is 0 Å². The molecule has 29 heavy (non-hydrogen) atoms. The van der Waals surface area contributed by atoms with Crippen LogP contribution < -0.4 is 18.9 Å². The van der Waals surface area contributed by atoms with Crippen LogP contribution in [-0.4, -0.2) is 12.6 Å². The summed E-state index contributed by atoms with van der Waals surface area (Å²) in [4.78, 5) is 12.8. The van der Waals surface area contributed by atoms with E-state index in [-0.39, 0.29) is 18.3 Å². The van der Waals surface area contributed by atoms with E-state index in [1.165, 1.54) is 0 Å². The minimum Gasteiger partial charge on any atom is -0.488 e. The summed E-state index contributed by atoms with van der Waals surface area (Å²) >= 11 is 0. The summed E-state index contributed by atoms with van der Waals surface area (Å²) in [6.45, 7) is 2.56. The van der Waals surface area contributed by atoms with Crippen molar-refractivity contribution in [2.45, 2.75) is 13.5 Å². The van der Waals surface area contributed by atoms with Gasteiger partial charge in [-0.1, -0.05) is 36.4 Å². The van der Waals surface area contributed by atoms with Gasteiger partial charge in [0.25, 0.3) is 0 Å². The second-order valence-corrected chi connectivity index (χ2v) is 6.89. The zero-order valence-electron chi connectivity index (χ0n) is 15.8. The lowest BCUT2D eigenvalue weighted by Crippen LogP contribution is -1.98. The Kier molecular flexibility index (Phi) is 4.21. The van der Waals surface area contributed by atoms with Crippen molar-refractivity contribution in [2.75, 3.05) is 6.79 Å². The maximum atomic E-state index is 12.8. The van der Waals surface area contributed by atoms with Crippen LogP contribution in [0.1, 0.15) is 27.0 Å². The van der Waals surface area contributed by atoms with Crippen molar-refractivity contribution in [1.29, 1.82) is 0 Å². The molecule has 0 amide bonds. The van der Waals surface area contributed by atoms with E-state index in [0.717, 1.165) is 16.7 Å². The fraction of sp³-hybridized carbons (Fsp3) is 0.125. The van der Waals surface area contributed by atoms with Crippen molar-refractivity contribution in [2.24, 2.45) is 0 Å². The van der Waals surface area contributed by atoms with E-state index in [1.807, 2.05) is 61.5 Å². The quantitative estimate of drug-likeness (QED) is 0.596. The minimum atomic E-state index is -0.143. The molecule has 0 N–H and O–H groups in total. The molecule has 0 atom stereocenters. The van der Waals surface area contributed by atoms with Crippen molar-refractivity contribution in [3.63, 3.8) is 0 Å². The zero-order chi connectivity index (χ0) is 19.8. The number of carbonyl (C=O) groups excluding carboxylic acids is 1. The summed E-state index contributed by atoms with van der Waals surface area (Å²) in [5.41, 5.74) is 3.24. The van der Waals surface area contributed by atoms with Crippen LogP contribution in [0.5, 0.6) is 23.0 Å². The monoisotopic (exact) mass is 386 g/mol. The second-order valence-electron chi connectivity index (χ2n) is 6.89. The van der Waals surface area contributed by atoms with Crippen LogP contribution in [0.4, 0.5) is 0 Å². The lowest BCUT2D eigenvalue weighted by atomic mass is 10.1. The molecule has 0 radical (unpaired) electrons. The molecule has 0 saturated heterocycles. The Labute approximate surface area is 168 Å². The molecule has 2 heterocycles. The van der Waals surface area contributed by atoms with Gasteiger partial charge in [0.15, 0.2) is 17.3 Å². The molecule has 0 spiro atoms. The predicted octanol–water partition coefficient (Wildman–Crippen LogP) is 4.92. The van der Waals surface area contributed by atoms with Crippen LogP contribution in [0.15, 0.2) is 66.4 Å². The molecule has 0 aliphatic carbocycles. The van der Waals surface area contributed by atoms with Gasteiger partial charge >= 0.3 is 0 Å². The number of allylic oxidation sites excluding steroid dienone is 1. The number of Topliss-reactive ketones (excluding diaryl/α,β-unsaturated/α-hetero) is 1. The third-order valence-corrected chi connectivity index (χ3v) is 4.97. The van der Waals surface area contributed by atoms with Crippen LogP contribution in [0.25, 0.3) is 6.08 Å². The normalized spacial score (nSPS) is 15.3. The molecule has 0 saturated carbocycles. The van der Waals surface area contributed by atoms with E-state index in [9.17, 15) is 4.79 Å². The molecule has 2 aliphatic rings. The number of rotatable bonds is 4. The van der Waals surface area contributed by atoms with E-state index >= 15 is 0 Å². The van der Waals surface area contributed by atoms with Crippen molar-refractivity contribution in [3.05, 3.63) is 88.7 Å². The van der Waals surface area contributed by atoms with Crippen molar-refractivity contribution < 1.29 is 23.7 Å². The predicted molar refractivity (Wildman–Crippen MR) is 107 cm³/mol. The largest absolute Gasteiger partial charge is 0.488 e. The summed E-state index contributed by atoms with van der Waals surface area (Å²) < 4.78 is 22.6. The molecule has 5 nitrogen and oxygen atoms in total. The average molecular weight is 386 g/mol. The highest BCUT2D eigenvalue weighted by molar-refractivity contribution is 6.15. The highest BCUT2D eigenvalue weighted by atomic mass is 16.7. The molecule has 3 aromatic rings. The highest BCUT2D eigenvalue weighted by Gasteiger charge is 2.30. The Morgan fingerprint density at radius 3 is 2.69 bits per heavy atom. The maximum absolute atomic E-state index is 12.8. The molecule has 5 rings (SSSR count). The Morgan fingerprint density at radius 1 is 1.00 bits per heavy atom. The number of ether oxygens (including phenoxy) is 4. The fourth-order valence-corrected chi connectivity index (χ4v) is 3.41. The molecule has 0 unspecified atom stereocenters. The number of benzene rings is 3. The van der Waals surface area contributed by atoms with E-state index in [2.05, 4.69) is 0 Å². The molecular formula is C24H18O5. The van der Waals surface area contributed by atoms with Gasteiger partial charge in [-0.25, -0.2) is 0 Å². The van der Waals surface area contributed by atoms with E-state index in [0.29, 0.717) is 35.2 Å². The molecule has 144 valence electrons. The number of hydrogen-bond donors (Lipinski definition) is 0. The summed E-state index contributed by atoms with van der Waals surface area (Å²) in [6.07, 6.45) is 1.72. The van der Waals surface area contributed by atoms with Crippen LogP contribution in [-0.2, 0) is 6.61 Å². The average Bonchev–Trinajstić information content (AvgIpc) is 3.33. The molecule has 3 aromatic carbocycles. The summed E-state index contributed by atoms with van der Waals surface area (Å²) in [6, 6.07) is 19.0. The Balaban J connectivity index is 1.39. The molecule has 0 aromatic heterocycles. The third-order valence-electron chi connectivity index (χ3n) is 4.97. The molecular weight excluding hydrogens is 368 g/mol. The van der Waals surface area contributed by atoms with Crippen molar-refractivity contribution in [1.82, 2.24) is 0 Å². The molecule has 2 aliphatic heterocycles. The summed E-state index contributed by atoms with van der Waals surface area (Å²) in [5, 5.41) is 0. The second kappa shape index (κ2) is 7.02. The summed E-state index contributed by atoms with van der Waals surface area (Å²) in [7, 11) is 0. The van der Waals surface area contributed by atoms with Gasteiger partial charge in [0.1, 0.15) is 18.1 Å². The fourth-order valence-electron chi connectivity index (χ4n) is 3.41. The first-order valence-corrected chi connectivity index (χ1v) is 9.33. The lowest BCUT2D eigenvalue weighted by Gasteiger charge is -2.11. The molecule has 5 heteroatoms. The SMILES string of the molecule is Cc1c(OCc2ccccc2)ccc2c1O/C(=C\c1ccc3c(c1)OCO3)C2=O. The number of ketones is 1. The van der Waals surface area contributed by atoms with E-state index in [4.69, 9.17) is 18.9 Å². The molecule has 0 fully saturated rings. The Bertz CT molecular complexity index is 1130. The number of fused-ring (bicyclic) bond motifs is 2. The van der Waals surface area contributed by atoms with Crippen LogP contribution >= 0.6 is 0 Å². The van der Waals surface area contributed by atoms with Gasteiger partial charge in [-0.15, -0.1) is 0 Å². The Hall–Kier alpha value is -3.73. The van der Waals surface area contributed by atoms with Crippen LogP contribution in [0, 0.1) is 6.92 Å². The van der Waals surface area contributed by atoms with Gasteiger partial charge in [-0.3, -0.25) is 4.79 Å². The zero-order valence-corrected chi connectivity index (χ0v) is 15.8. The number of hydrogen-bond acceptors (Lipinski definition) is 5. The topological polar surface area (TPSA) is 54.0 Å². The summed E-state index contributed by atoms with van der Waals surface area (Å²) in [5.74, 6) is 2.75. The van der Waals surface area contributed by atoms with Gasteiger partial charge in [0.05, 0.1) is 5.56 Å². The maximum Gasteiger partial charge on any atom is 0.231 e. The van der Waals surface area contributed by atoms with E-state index in [1.54, 1.807) is 12.1 Å². The van der Waals surface area contributed by atoms with Gasteiger partial charge in [-0.2, -0.15) is 0 Å². The van der Waals surface area contributed by atoms with Gasteiger partial charge in [0.2, 0.25) is 12.6 Å². The third kappa shape index (κ3) is 3.21. The smallest absolute Gasteiger partial charge is 0.231 e. The minimum absolute atomic E-state index is 0.143. The Morgan fingerprint density at radius 2 is 1.83 bits per heavy atom. The first-order valence-electron chi connectivity index (χ1n) is 9.33. The van der Waals surface area contributed by atoms with Crippen LogP contribution in [0.2, 0.25) is 0 Å². The van der Waals surface area contributed by atoms with Gasteiger partial charge in [0, 0.05) is 5.56 Å². The first kappa shape index (κ1) is 17.4. The van der Waals surface area contributed by atoms with Crippen LogP contribution in [0.3, 0.4) is 0 Å². The standard InChI is InChI=1S/C24H18O5/c1-15-19(26-13-16-5-3-2-4-6-16)10-8-18-23(25)22(29-24(15)18)12-17-7-9-20-21(11-17)28-14-27-20/h2-12H,13-14H2,1H3/b22-12-. The number of carbonyl (C=O) groups is 1. The van der Waals surface area contributed by atoms with Crippen molar-refractivity contribution >= 4 is 11.9 Å². The highest BCUT2D eigenvalue weighted by Crippen LogP contribution is 2.40.